The maximum atomic E-state index is 12.3. The summed E-state index contributed by atoms with van der Waals surface area (Å²) in [5.41, 5.74) is 0.926. The maximum Gasteiger partial charge on any atom is 0.237 e. The second-order valence-electron chi connectivity index (χ2n) is 5.11. The molecule has 6 heteroatoms. The predicted octanol–water partition coefficient (Wildman–Crippen LogP) is 4.30. The van der Waals surface area contributed by atoms with Gasteiger partial charge in [-0.3, -0.25) is 9.69 Å². The summed E-state index contributed by atoms with van der Waals surface area (Å²) in [6.07, 6.45) is 0. The van der Waals surface area contributed by atoms with Crippen LogP contribution in [0.25, 0.3) is 0 Å². The first-order chi connectivity index (χ1) is 10.5. The molecule has 1 atom stereocenters. The summed E-state index contributed by atoms with van der Waals surface area (Å²) >= 11 is 11.2. The summed E-state index contributed by atoms with van der Waals surface area (Å²) < 4.78 is 1.10. The van der Waals surface area contributed by atoms with E-state index in [0.717, 1.165) is 15.9 Å². The Morgan fingerprint density at radius 2 is 2.09 bits per heavy atom. The highest BCUT2D eigenvalue weighted by atomic mass is 79.9. The SMILES string of the molecule is CC(C(=O)NCc1ccccc1Cl)N(C)Cc1ccc(Br)s1. The standard InChI is InChI=1S/C16H18BrClN2OS/c1-11(20(2)10-13-7-8-15(17)22-13)16(21)19-9-12-5-3-4-6-14(12)18/h3-8,11H,9-10H2,1-2H3,(H,19,21). The minimum atomic E-state index is -0.205. The average molecular weight is 402 g/mol. The van der Waals surface area contributed by atoms with E-state index in [4.69, 9.17) is 11.6 Å². The van der Waals surface area contributed by atoms with Gasteiger partial charge >= 0.3 is 0 Å². The lowest BCUT2D eigenvalue weighted by Gasteiger charge is -2.23. The fourth-order valence-electron chi connectivity index (χ4n) is 1.99. The number of likely N-dealkylation sites (N-methyl/N-ethyl adjacent to an activating group) is 1. The lowest BCUT2D eigenvalue weighted by Crippen LogP contribution is -2.42. The van der Waals surface area contributed by atoms with Crippen molar-refractivity contribution in [3.8, 4) is 0 Å². The zero-order chi connectivity index (χ0) is 16.1. The van der Waals surface area contributed by atoms with E-state index in [1.807, 2.05) is 49.2 Å². The quantitative estimate of drug-likeness (QED) is 0.782. The topological polar surface area (TPSA) is 32.3 Å². The first kappa shape index (κ1) is 17.5. The van der Waals surface area contributed by atoms with E-state index in [2.05, 4.69) is 27.3 Å². The molecule has 2 rings (SSSR count). The molecule has 0 saturated heterocycles. The summed E-state index contributed by atoms with van der Waals surface area (Å²) in [5.74, 6) is -0.00181. The fraction of sp³-hybridized carbons (Fsp3) is 0.312. The maximum absolute atomic E-state index is 12.3. The predicted molar refractivity (Wildman–Crippen MR) is 96.2 cm³/mol. The number of carbonyl (C=O) groups excluding carboxylic acids is 1. The normalized spacial score (nSPS) is 12.4. The Bertz CT molecular complexity index is 647. The van der Waals surface area contributed by atoms with E-state index in [9.17, 15) is 4.79 Å². The molecule has 1 N–H and O–H groups in total. The Morgan fingerprint density at radius 1 is 1.36 bits per heavy atom. The second-order valence-corrected chi connectivity index (χ2v) is 8.06. The van der Waals surface area contributed by atoms with Crippen molar-refractivity contribution in [3.05, 3.63) is 55.6 Å². The molecule has 1 unspecified atom stereocenters. The molecule has 22 heavy (non-hydrogen) atoms. The van der Waals surface area contributed by atoms with E-state index in [0.29, 0.717) is 11.6 Å². The van der Waals surface area contributed by atoms with E-state index < -0.39 is 0 Å². The molecular formula is C16H18BrClN2OS. The van der Waals surface area contributed by atoms with Crippen LogP contribution in [-0.2, 0) is 17.9 Å². The molecule has 1 aromatic heterocycles. The van der Waals surface area contributed by atoms with Crippen LogP contribution in [0.2, 0.25) is 5.02 Å². The van der Waals surface area contributed by atoms with Crippen LogP contribution in [-0.4, -0.2) is 23.9 Å². The summed E-state index contributed by atoms with van der Waals surface area (Å²) in [5, 5.41) is 3.61. The highest BCUT2D eigenvalue weighted by molar-refractivity contribution is 9.11. The van der Waals surface area contributed by atoms with Crippen LogP contribution in [0.1, 0.15) is 17.4 Å². The Morgan fingerprint density at radius 3 is 2.73 bits per heavy atom. The number of carbonyl (C=O) groups is 1. The summed E-state index contributed by atoms with van der Waals surface area (Å²) in [4.78, 5) is 15.5. The van der Waals surface area contributed by atoms with Gasteiger partial charge in [-0.25, -0.2) is 0 Å². The average Bonchev–Trinajstić information content (AvgIpc) is 2.90. The summed E-state index contributed by atoms with van der Waals surface area (Å²) in [7, 11) is 1.95. The van der Waals surface area contributed by atoms with Gasteiger partial charge < -0.3 is 5.32 Å². The van der Waals surface area contributed by atoms with Crippen LogP contribution < -0.4 is 5.32 Å². The molecule has 0 radical (unpaired) electrons. The Balaban J connectivity index is 1.87. The smallest absolute Gasteiger partial charge is 0.237 e. The van der Waals surface area contributed by atoms with Gasteiger partial charge in [0.1, 0.15) is 0 Å². The van der Waals surface area contributed by atoms with Gasteiger partial charge in [-0.05, 0) is 53.7 Å². The molecule has 0 bridgehead atoms. The highest BCUT2D eigenvalue weighted by Crippen LogP contribution is 2.23. The van der Waals surface area contributed by atoms with Gasteiger partial charge in [-0.15, -0.1) is 11.3 Å². The van der Waals surface area contributed by atoms with E-state index >= 15 is 0 Å². The molecule has 1 heterocycles. The molecular weight excluding hydrogens is 384 g/mol. The van der Waals surface area contributed by atoms with Crippen molar-refractivity contribution in [2.24, 2.45) is 0 Å². The van der Waals surface area contributed by atoms with Gasteiger partial charge in [0.05, 0.1) is 9.83 Å². The zero-order valence-corrected chi connectivity index (χ0v) is 15.6. The van der Waals surface area contributed by atoms with Crippen molar-refractivity contribution in [1.29, 1.82) is 0 Å². The van der Waals surface area contributed by atoms with Crippen LogP contribution >= 0.6 is 38.9 Å². The van der Waals surface area contributed by atoms with Gasteiger partial charge in [-0.2, -0.15) is 0 Å². The minimum Gasteiger partial charge on any atom is -0.351 e. The lowest BCUT2D eigenvalue weighted by molar-refractivity contribution is -0.125. The monoisotopic (exact) mass is 400 g/mol. The number of hydrogen-bond acceptors (Lipinski definition) is 3. The zero-order valence-electron chi connectivity index (χ0n) is 12.5. The lowest BCUT2D eigenvalue weighted by atomic mass is 10.2. The van der Waals surface area contributed by atoms with Crippen LogP contribution in [0.5, 0.6) is 0 Å². The van der Waals surface area contributed by atoms with Crippen LogP contribution in [0, 0.1) is 0 Å². The third-order valence-corrected chi connectivity index (χ3v) is 5.46. The van der Waals surface area contributed by atoms with Crippen molar-refractivity contribution < 1.29 is 4.79 Å². The molecule has 118 valence electrons. The van der Waals surface area contributed by atoms with Gasteiger partial charge in [0, 0.05) is 23.0 Å². The molecule has 0 aliphatic heterocycles. The molecule has 0 aliphatic carbocycles. The molecule has 3 nitrogen and oxygen atoms in total. The molecule has 2 aromatic rings. The van der Waals surface area contributed by atoms with Crippen molar-refractivity contribution in [2.75, 3.05) is 7.05 Å². The third-order valence-electron chi connectivity index (χ3n) is 3.49. The number of thiophene rings is 1. The van der Waals surface area contributed by atoms with Crippen LogP contribution in [0.15, 0.2) is 40.2 Å². The number of hydrogen-bond donors (Lipinski definition) is 1. The van der Waals surface area contributed by atoms with Crippen molar-refractivity contribution >= 4 is 44.8 Å². The van der Waals surface area contributed by atoms with Gasteiger partial charge in [0.15, 0.2) is 0 Å². The van der Waals surface area contributed by atoms with E-state index in [1.54, 1.807) is 11.3 Å². The molecule has 0 aliphatic rings. The Kier molecular flexibility index (Phi) is 6.44. The van der Waals surface area contributed by atoms with Crippen molar-refractivity contribution in [2.45, 2.75) is 26.1 Å². The largest absolute Gasteiger partial charge is 0.351 e. The number of nitrogens with one attached hydrogen (secondary N) is 1. The molecule has 0 spiro atoms. The first-order valence-corrected chi connectivity index (χ1v) is 8.91. The van der Waals surface area contributed by atoms with Gasteiger partial charge in [0.25, 0.3) is 0 Å². The Labute approximate surface area is 148 Å². The van der Waals surface area contributed by atoms with Crippen LogP contribution in [0.4, 0.5) is 0 Å². The number of benzene rings is 1. The van der Waals surface area contributed by atoms with Crippen LogP contribution in [0.3, 0.4) is 0 Å². The van der Waals surface area contributed by atoms with Crippen molar-refractivity contribution in [3.63, 3.8) is 0 Å². The van der Waals surface area contributed by atoms with Gasteiger partial charge in [0.2, 0.25) is 5.91 Å². The Hall–Kier alpha value is -0.880. The highest BCUT2D eigenvalue weighted by Gasteiger charge is 2.18. The number of rotatable bonds is 6. The summed E-state index contributed by atoms with van der Waals surface area (Å²) in [6, 6.07) is 11.4. The fourth-order valence-corrected chi connectivity index (χ4v) is 3.74. The molecule has 0 fully saturated rings. The number of halogens is 2. The molecule has 1 aromatic carbocycles. The van der Waals surface area contributed by atoms with E-state index in [1.165, 1.54) is 4.88 Å². The van der Waals surface area contributed by atoms with Crippen molar-refractivity contribution in [1.82, 2.24) is 10.2 Å². The van der Waals surface area contributed by atoms with E-state index in [-0.39, 0.29) is 11.9 Å². The second kappa shape index (κ2) is 8.11. The first-order valence-electron chi connectivity index (χ1n) is 6.93. The number of amides is 1. The summed E-state index contributed by atoms with van der Waals surface area (Å²) in [6.45, 7) is 3.10. The molecule has 0 saturated carbocycles. The minimum absolute atomic E-state index is 0.00181. The third kappa shape index (κ3) is 4.81. The number of nitrogens with zero attached hydrogens (tertiary/aromatic N) is 1. The molecule has 1 amide bonds. The van der Waals surface area contributed by atoms with Gasteiger partial charge in [-0.1, -0.05) is 29.8 Å².